The van der Waals surface area contributed by atoms with Gasteiger partial charge in [0.25, 0.3) is 5.78 Å². The lowest BCUT2D eigenvalue weighted by Crippen LogP contribution is -2.07. The number of hydrogen-bond donors (Lipinski definition) is 2. The number of hydrogen-bond acceptors (Lipinski definition) is 8. The highest BCUT2D eigenvalue weighted by atomic mass is 32.1. The lowest BCUT2D eigenvalue weighted by molar-refractivity contribution is 0.444. The number of tetrazole rings is 1. The molecular formula is C20H18N8OS. The first kappa shape index (κ1) is 18.4. The minimum Gasteiger partial charge on any atom is -0.493 e. The molecule has 0 saturated heterocycles. The molecule has 4 heterocycles. The maximum atomic E-state index is 10.5. The molecule has 0 unspecified atom stereocenters. The molecule has 2 N–H and O–H groups in total. The van der Waals surface area contributed by atoms with E-state index in [0.29, 0.717) is 18.0 Å². The molecule has 0 amide bonds. The van der Waals surface area contributed by atoms with Crippen LogP contribution in [0, 0.1) is 0 Å². The second kappa shape index (κ2) is 7.64. The second-order valence-corrected chi connectivity index (χ2v) is 7.79. The number of thiophene rings is 1. The Labute approximate surface area is 175 Å². The van der Waals surface area contributed by atoms with Gasteiger partial charge in [-0.3, -0.25) is 0 Å². The van der Waals surface area contributed by atoms with Crippen LogP contribution in [0.5, 0.6) is 5.88 Å². The summed E-state index contributed by atoms with van der Waals surface area (Å²) in [4.78, 5) is 9.40. The zero-order valence-electron chi connectivity index (χ0n) is 16.1. The predicted octanol–water partition coefficient (Wildman–Crippen LogP) is 3.28. The second-order valence-electron chi connectivity index (χ2n) is 6.87. The standard InChI is InChI=1S/C20H18N8OS/c1-2-3-16-15(19(29)23-20-21-11-22-28(16)20)10-12-4-6-13(7-5-12)17-14(8-9-30-17)18-24-26-27-25-18/h4-9,11H,2-3,10H2,1H3,(H,21,22,23,29)(H,24,25,26,27). The van der Waals surface area contributed by atoms with Crippen molar-refractivity contribution in [1.29, 1.82) is 0 Å². The van der Waals surface area contributed by atoms with Gasteiger partial charge in [0.15, 0.2) is 5.82 Å². The van der Waals surface area contributed by atoms with Crippen LogP contribution in [0.4, 0.5) is 0 Å². The molecule has 1 aromatic carbocycles. The Morgan fingerprint density at radius 3 is 2.80 bits per heavy atom. The van der Waals surface area contributed by atoms with Crippen molar-refractivity contribution in [1.82, 2.24) is 40.2 Å². The van der Waals surface area contributed by atoms with E-state index >= 15 is 0 Å². The molecule has 0 radical (unpaired) electrons. The maximum Gasteiger partial charge on any atom is 0.255 e. The summed E-state index contributed by atoms with van der Waals surface area (Å²) in [5.41, 5.74) is 4.86. The molecule has 10 heteroatoms. The van der Waals surface area contributed by atoms with Crippen molar-refractivity contribution in [3.05, 3.63) is 58.9 Å². The first-order valence-corrected chi connectivity index (χ1v) is 10.4. The third-order valence-electron chi connectivity index (χ3n) is 4.96. The van der Waals surface area contributed by atoms with Gasteiger partial charge in [-0.15, -0.1) is 16.4 Å². The molecule has 4 aromatic heterocycles. The SMILES string of the molecule is CCCc1c(Cc2ccc(-c3sccc3-c3nnn[nH]3)cc2)c(O)nc2ncnn12. The number of benzene rings is 1. The summed E-state index contributed by atoms with van der Waals surface area (Å²) in [6.07, 6.45) is 3.74. The molecular weight excluding hydrogens is 400 g/mol. The van der Waals surface area contributed by atoms with Crippen LogP contribution in [0.1, 0.15) is 30.2 Å². The Morgan fingerprint density at radius 1 is 1.17 bits per heavy atom. The Bertz CT molecular complexity index is 1290. The van der Waals surface area contributed by atoms with E-state index < -0.39 is 0 Å². The van der Waals surface area contributed by atoms with Crippen LogP contribution in [0.3, 0.4) is 0 Å². The van der Waals surface area contributed by atoms with Crippen LogP contribution < -0.4 is 0 Å². The number of H-pyrrole nitrogens is 1. The molecule has 0 atom stereocenters. The smallest absolute Gasteiger partial charge is 0.255 e. The minimum atomic E-state index is 0.0152. The van der Waals surface area contributed by atoms with E-state index in [2.05, 4.69) is 66.9 Å². The van der Waals surface area contributed by atoms with Gasteiger partial charge in [0.2, 0.25) is 5.88 Å². The number of nitrogens with one attached hydrogen (secondary N) is 1. The van der Waals surface area contributed by atoms with Crippen molar-refractivity contribution in [2.24, 2.45) is 0 Å². The third kappa shape index (κ3) is 3.20. The summed E-state index contributed by atoms with van der Waals surface area (Å²) in [6.45, 7) is 2.10. The van der Waals surface area contributed by atoms with Gasteiger partial charge in [-0.1, -0.05) is 37.6 Å². The average molecular weight is 418 g/mol. The fourth-order valence-electron chi connectivity index (χ4n) is 3.57. The summed E-state index contributed by atoms with van der Waals surface area (Å²) in [7, 11) is 0. The molecule has 0 aliphatic rings. The highest BCUT2D eigenvalue weighted by Gasteiger charge is 2.17. The topological polar surface area (TPSA) is 118 Å². The van der Waals surface area contributed by atoms with Gasteiger partial charge in [-0.05, 0) is 39.4 Å². The maximum absolute atomic E-state index is 10.5. The van der Waals surface area contributed by atoms with E-state index in [1.54, 1.807) is 15.9 Å². The minimum absolute atomic E-state index is 0.0152. The highest BCUT2D eigenvalue weighted by molar-refractivity contribution is 7.14. The van der Waals surface area contributed by atoms with Crippen molar-refractivity contribution in [3.63, 3.8) is 0 Å². The fraction of sp³-hybridized carbons (Fsp3) is 0.200. The normalized spacial score (nSPS) is 11.4. The number of nitrogens with zero attached hydrogens (tertiary/aromatic N) is 7. The molecule has 0 fully saturated rings. The van der Waals surface area contributed by atoms with E-state index in [0.717, 1.165) is 45.7 Å². The number of rotatable bonds is 6. The first-order chi connectivity index (χ1) is 14.7. The third-order valence-corrected chi connectivity index (χ3v) is 5.92. The molecule has 0 aliphatic carbocycles. The Balaban J connectivity index is 1.47. The largest absolute Gasteiger partial charge is 0.493 e. The number of aromatic hydroxyl groups is 1. The van der Waals surface area contributed by atoms with Crippen LogP contribution in [0.2, 0.25) is 0 Å². The number of aromatic nitrogens is 8. The quantitative estimate of drug-likeness (QED) is 0.434. The Hall–Kier alpha value is -3.66. The van der Waals surface area contributed by atoms with E-state index in [9.17, 15) is 5.11 Å². The van der Waals surface area contributed by atoms with Gasteiger partial charge in [0.05, 0.1) is 5.69 Å². The monoisotopic (exact) mass is 418 g/mol. The van der Waals surface area contributed by atoms with Gasteiger partial charge in [0.1, 0.15) is 6.33 Å². The lowest BCUT2D eigenvalue weighted by Gasteiger charge is -2.12. The molecule has 5 aromatic rings. The summed E-state index contributed by atoms with van der Waals surface area (Å²) in [6, 6.07) is 10.3. The summed E-state index contributed by atoms with van der Waals surface area (Å²) < 4.78 is 1.72. The molecule has 0 saturated carbocycles. The number of fused-ring (bicyclic) bond motifs is 1. The van der Waals surface area contributed by atoms with Crippen LogP contribution in [0.25, 0.3) is 27.6 Å². The van der Waals surface area contributed by atoms with E-state index in [4.69, 9.17) is 0 Å². The van der Waals surface area contributed by atoms with Gasteiger partial charge >= 0.3 is 0 Å². The van der Waals surface area contributed by atoms with Crippen molar-refractivity contribution in [3.8, 4) is 27.7 Å². The average Bonchev–Trinajstić information content (AvgIpc) is 3.52. The van der Waals surface area contributed by atoms with Crippen molar-refractivity contribution >= 4 is 17.1 Å². The van der Waals surface area contributed by atoms with Crippen LogP contribution in [0.15, 0.2) is 42.0 Å². The summed E-state index contributed by atoms with van der Waals surface area (Å²) in [5, 5.41) is 31.0. The molecule has 0 bridgehead atoms. The predicted molar refractivity (Wildman–Crippen MR) is 112 cm³/mol. The highest BCUT2D eigenvalue weighted by Crippen LogP contribution is 2.35. The van der Waals surface area contributed by atoms with Gasteiger partial charge in [0, 0.05) is 22.4 Å². The number of aryl methyl sites for hydroxylation is 1. The molecule has 30 heavy (non-hydrogen) atoms. The van der Waals surface area contributed by atoms with E-state index in [1.165, 1.54) is 6.33 Å². The van der Waals surface area contributed by atoms with Crippen molar-refractivity contribution in [2.45, 2.75) is 26.2 Å². The van der Waals surface area contributed by atoms with Crippen molar-refractivity contribution < 1.29 is 5.11 Å². The molecule has 5 rings (SSSR count). The van der Waals surface area contributed by atoms with Gasteiger partial charge in [-0.25, -0.2) is 9.61 Å². The molecule has 0 spiro atoms. The van der Waals surface area contributed by atoms with Gasteiger partial charge < -0.3 is 5.11 Å². The lowest BCUT2D eigenvalue weighted by atomic mass is 10.00. The molecule has 0 aliphatic heterocycles. The zero-order valence-corrected chi connectivity index (χ0v) is 17.0. The number of aromatic amines is 1. The van der Waals surface area contributed by atoms with Crippen LogP contribution in [-0.2, 0) is 12.8 Å². The van der Waals surface area contributed by atoms with Crippen LogP contribution >= 0.6 is 11.3 Å². The summed E-state index contributed by atoms with van der Waals surface area (Å²) in [5.74, 6) is 1.08. The van der Waals surface area contributed by atoms with E-state index in [1.807, 2.05) is 11.4 Å². The van der Waals surface area contributed by atoms with E-state index in [-0.39, 0.29) is 5.88 Å². The fourth-order valence-corrected chi connectivity index (χ4v) is 4.47. The first-order valence-electron chi connectivity index (χ1n) is 9.56. The molecule has 9 nitrogen and oxygen atoms in total. The van der Waals surface area contributed by atoms with Crippen LogP contribution in [-0.4, -0.2) is 45.3 Å². The summed E-state index contributed by atoms with van der Waals surface area (Å²) >= 11 is 1.64. The van der Waals surface area contributed by atoms with Crippen molar-refractivity contribution in [2.75, 3.05) is 0 Å². The zero-order chi connectivity index (χ0) is 20.5. The van der Waals surface area contributed by atoms with Gasteiger partial charge in [-0.2, -0.15) is 15.1 Å². The Kier molecular flexibility index (Phi) is 4.68. The Morgan fingerprint density at radius 2 is 2.03 bits per heavy atom. The molecule has 150 valence electrons.